The summed E-state index contributed by atoms with van der Waals surface area (Å²) in [5, 5.41) is 6.85. The Balaban J connectivity index is 1.35. The standard InChI is InChI=1S/C24H26ClN3O2S2/c1-26-21-16-22(17-2-4-18(25)5-3-17)32-23(21)24(29)27-19-6-8-20(9-7-19)31-15-12-28-10-13-30-14-11-28/h2-9,16,26H,10-15H2,1H3,(H,27,29). The van der Waals surface area contributed by atoms with E-state index in [0.29, 0.717) is 9.90 Å². The summed E-state index contributed by atoms with van der Waals surface area (Å²) >= 11 is 9.29. The van der Waals surface area contributed by atoms with Crippen LogP contribution in [0, 0.1) is 0 Å². The van der Waals surface area contributed by atoms with E-state index in [0.717, 1.165) is 60.4 Å². The number of nitrogens with one attached hydrogen (secondary N) is 2. The number of hydrogen-bond donors (Lipinski definition) is 2. The van der Waals surface area contributed by atoms with Crippen molar-refractivity contribution in [3.8, 4) is 10.4 Å². The molecule has 0 saturated carbocycles. The van der Waals surface area contributed by atoms with Crippen LogP contribution in [0.25, 0.3) is 10.4 Å². The number of benzene rings is 2. The van der Waals surface area contributed by atoms with Gasteiger partial charge in [0.05, 0.1) is 18.9 Å². The van der Waals surface area contributed by atoms with Crippen LogP contribution in [-0.4, -0.2) is 56.5 Å². The number of thiophene rings is 1. The van der Waals surface area contributed by atoms with Gasteiger partial charge in [0.2, 0.25) is 0 Å². The highest BCUT2D eigenvalue weighted by atomic mass is 35.5. The topological polar surface area (TPSA) is 53.6 Å². The lowest BCUT2D eigenvalue weighted by Gasteiger charge is -2.26. The van der Waals surface area contributed by atoms with E-state index in [-0.39, 0.29) is 5.91 Å². The third-order valence-electron chi connectivity index (χ3n) is 5.23. The first kappa shape index (κ1) is 23.1. The number of nitrogens with zero attached hydrogens (tertiary/aromatic N) is 1. The van der Waals surface area contributed by atoms with Crippen molar-refractivity contribution in [3.63, 3.8) is 0 Å². The molecule has 5 nitrogen and oxygen atoms in total. The highest BCUT2D eigenvalue weighted by molar-refractivity contribution is 7.99. The Morgan fingerprint density at radius 1 is 1.12 bits per heavy atom. The summed E-state index contributed by atoms with van der Waals surface area (Å²) in [6.45, 7) is 4.76. The Bertz CT molecular complexity index is 1030. The third kappa shape index (κ3) is 6.05. The highest BCUT2D eigenvalue weighted by Crippen LogP contribution is 2.35. The van der Waals surface area contributed by atoms with Crippen molar-refractivity contribution in [2.75, 3.05) is 56.3 Å². The molecule has 1 fully saturated rings. The summed E-state index contributed by atoms with van der Waals surface area (Å²) in [7, 11) is 1.83. The monoisotopic (exact) mass is 487 g/mol. The molecule has 32 heavy (non-hydrogen) atoms. The van der Waals surface area contributed by atoms with Crippen LogP contribution < -0.4 is 10.6 Å². The molecule has 1 aliphatic heterocycles. The second-order valence-electron chi connectivity index (χ2n) is 7.39. The Kier molecular flexibility index (Phi) is 8.10. The van der Waals surface area contributed by atoms with Crippen LogP contribution in [0.1, 0.15) is 9.67 Å². The molecule has 0 bridgehead atoms. The van der Waals surface area contributed by atoms with Gasteiger partial charge in [0.25, 0.3) is 5.91 Å². The van der Waals surface area contributed by atoms with E-state index < -0.39 is 0 Å². The van der Waals surface area contributed by atoms with Crippen LogP contribution in [0.15, 0.2) is 59.5 Å². The quantitative estimate of drug-likeness (QED) is 0.394. The first-order valence-corrected chi connectivity index (χ1v) is 12.7. The number of thioether (sulfide) groups is 1. The SMILES string of the molecule is CNc1cc(-c2ccc(Cl)cc2)sc1C(=O)Nc1ccc(SCCN2CCOCC2)cc1. The van der Waals surface area contributed by atoms with Crippen molar-refractivity contribution in [1.82, 2.24) is 4.90 Å². The molecule has 0 radical (unpaired) electrons. The smallest absolute Gasteiger partial charge is 0.267 e. The molecule has 0 spiro atoms. The van der Waals surface area contributed by atoms with Crippen molar-refractivity contribution >= 4 is 52.0 Å². The number of hydrogen-bond acceptors (Lipinski definition) is 6. The maximum Gasteiger partial charge on any atom is 0.267 e. The predicted octanol–water partition coefficient (Wildman–Crippen LogP) is 5.79. The number of amides is 1. The summed E-state index contributed by atoms with van der Waals surface area (Å²) in [5.74, 6) is 0.923. The molecule has 1 aliphatic rings. The van der Waals surface area contributed by atoms with Crippen molar-refractivity contribution in [3.05, 3.63) is 64.5 Å². The fourth-order valence-corrected chi connectivity index (χ4v) is 5.55. The van der Waals surface area contributed by atoms with Gasteiger partial charge in [-0.1, -0.05) is 23.7 Å². The molecule has 2 N–H and O–H groups in total. The zero-order chi connectivity index (χ0) is 22.3. The van der Waals surface area contributed by atoms with Crippen molar-refractivity contribution in [2.45, 2.75) is 4.90 Å². The summed E-state index contributed by atoms with van der Waals surface area (Å²) in [5.41, 5.74) is 2.64. The van der Waals surface area contributed by atoms with Crippen molar-refractivity contribution in [1.29, 1.82) is 0 Å². The summed E-state index contributed by atoms with van der Waals surface area (Å²) < 4.78 is 5.39. The lowest BCUT2D eigenvalue weighted by molar-refractivity contribution is 0.0410. The van der Waals surface area contributed by atoms with Crippen LogP contribution in [0.3, 0.4) is 0 Å². The van der Waals surface area contributed by atoms with Crippen LogP contribution in [0.2, 0.25) is 5.02 Å². The summed E-state index contributed by atoms with van der Waals surface area (Å²) in [6, 6.07) is 17.7. The Morgan fingerprint density at radius 2 is 1.84 bits per heavy atom. The molecule has 1 amide bonds. The van der Waals surface area contributed by atoms with Crippen LogP contribution >= 0.6 is 34.7 Å². The van der Waals surface area contributed by atoms with E-state index in [4.69, 9.17) is 16.3 Å². The van der Waals surface area contributed by atoms with Crippen LogP contribution in [-0.2, 0) is 4.74 Å². The largest absolute Gasteiger partial charge is 0.387 e. The maximum absolute atomic E-state index is 12.9. The van der Waals surface area contributed by atoms with E-state index in [1.54, 1.807) is 0 Å². The number of carbonyl (C=O) groups excluding carboxylic acids is 1. The molecule has 0 unspecified atom stereocenters. The molecule has 0 atom stereocenters. The van der Waals surface area contributed by atoms with Crippen LogP contribution in [0.4, 0.5) is 11.4 Å². The average molecular weight is 488 g/mol. The van der Waals surface area contributed by atoms with Gasteiger partial charge >= 0.3 is 0 Å². The van der Waals surface area contributed by atoms with E-state index >= 15 is 0 Å². The maximum atomic E-state index is 12.9. The molecule has 2 aromatic carbocycles. The minimum absolute atomic E-state index is 0.118. The number of halogens is 1. The number of anilines is 2. The van der Waals surface area contributed by atoms with E-state index in [1.165, 1.54) is 16.2 Å². The fraction of sp³-hybridized carbons (Fsp3) is 0.292. The Morgan fingerprint density at radius 3 is 2.53 bits per heavy atom. The molecule has 3 aromatic rings. The Hall–Kier alpha value is -2.03. The van der Waals surface area contributed by atoms with Gasteiger partial charge in [0.15, 0.2) is 0 Å². The molecule has 1 saturated heterocycles. The summed E-state index contributed by atoms with van der Waals surface area (Å²) in [6.07, 6.45) is 0. The van der Waals surface area contributed by atoms with Gasteiger partial charge < -0.3 is 15.4 Å². The number of morpholine rings is 1. The first-order valence-electron chi connectivity index (χ1n) is 10.5. The predicted molar refractivity (Wildman–Crippen MR) is 137 cm³/mol. The van der Waals surface area contributed by atoms with E-state index in [9.17, 15) is 4.79 Å². The Labute approximate surface area is 202 Å². The summed E-state index contributed by atoms with van der Waals surface area (Å²) in [4.78, 5) is 18.2. The molecule has 2 heterocycles. The second kappa shape index (κ2) is 11.2. The van der Waals surface area contributed by atoms with Gasteiger partial charge in [-0.25, -0.2) is 0 Å². The molecule has 8 heteroatoms. The highest BCUT2D eigenvalue weighted by Gasteiger charge is 2.17. The number of carbonyl (C=O) groups is 1. The van der Waals surface area contributed by atoms with Gasteiger partial charge in [-0.05, 0) is 48.0 Å². The van der Waals surface area contributed by atoms with Gasteiger partial charge in [-0.3, -0.25) is 9.69 Å². The lowest BCUT2D eigenvalue weighted by atomic mass is 10.2. The molecular formula is C24H26ClN3O2S2. The van der Waals surface area contributed by atoms with E-state index in [1.807, 2.05) is 61.3 Å². The molecule has 168 valence electrons. The molecule has 4 rings (SSSR count). The average Bonchev–Trinajstić information content (AvgIpc) is 3.26. The zero-order valence-corrected chi connectivity index (χ0v) is 20.3. The zero-order valence-electron chi connectivity index (χ0n) is 17.9. The van der Waals surface area contributed by atoms with E-state index in [2.05, 4.69) is 27.7 Å². The second-order valence-corrected chi connectivity index (χ2v) is 10.0. The van der Waals surface area contributed by atoms with Crippen molar-refractivity contribution < 1.29 is 9.53 Å². The molecular weight excluding hydrogens is 462 g/mol. The lowest BCUT2D eigenvalue weighted by Crippen LogP contribution is -2.37. The minimum Gasteiger partial charge on any atom is -0.387 e. The number of ether oxygens (including phenoxy) is 1. The van der Waals surface area contributed by atoms with Gasteiger partial charge in [-0.2, -0.15) is 0 Å². The normalized spacial score (nSPS) is 14.3. The van der Waals surface area contributed by atoms with Gasteiger partial charge in [-0.15, -0.1) is 23.1 Å². The fourth-order valence-electron chi connectivity index (χ4n) is 3.44. The van der Waals surface area contributed by atoms with Crippen molar-refractivity contribution in [2.24, 2.45) is 0 Å². The molecule has 0 aliphatic carbocycles. The molecule has 1 aromatic heterocycles. The van der Waals surface area contributed by atoms with Crippen LogP contribution in [0.5, 0.6) is 0 Å². The minimum atomic E-state index is -0.118. The van der Waals surface area contributed by atoms with Gasteiger partial charge in [0.1, 0.15) is 4.88 Å². The van der Waals surface area contributed by atoms with Gasteiger partial charge in [0, 0.05) is 52.9 Å². The third-order valence-corrected chi connectivity index (χ3v) is 7.66. The first-order chi connectivity index (χ1) is 15.6. The number of rotatable bonds is 8.